The molecule has 0 saturated heterocycles. The third-order valence-corrected chi connectivity index (χ3v) is 4.61. The second kappa shape index (κ2) is 7.19. The van der Waals surface area contributed by atoms with Crippen LogP contribution in [0.15, 0.2) is 36.4 Å². The van der Waals surface area contributed by atoms with E-state index in [-0.39, 0.29) is 5.91 Å². The molecule has 1 amide bonds. The van der Waals surface area contributed by atoms with Crippen molar-refractivity contribution in [1.29, 1.82) is 0 Å². The van der Waals surface area contributed by atoms with Crippen LogP contribution in [0.1, 0.15) is 39.0 Å². The number of nitrogens with one attached hydrogen (secondary N) is 1. The molecule has 3 heterocycles. The lowest BCUT2D eigenvalue weighted by Gasteiger charge is -2.27. The summed E-state index contributed by atoms with van der Waals surface area (Å²) in [4.78, 5) is 23.3. The van der Waals surface area contributed by atoms with E-state index in [0.717, 1.165) is 34.8 Å². The minimum atomic E-state index is -0.0784. The maximum Gasteiger partial charge on any atom is 0.272 e. The summed E-state index contributed by atoms with van der Waals surface area (Å²) in [6.45, 7) is 5.17. The lowest BCUT2D eigenvalue weighted by atomic mass is 10.0. The fourth-order valence-corrected chi connectivity index (χ4v) is 3.30. The van der Waals surface area contributed by atoms with Crippen molar-refractivity contribution in [2.45, 2.75) is 33.4 Å². The molecule has 0 radical (unpaired) electrons. The molecule has 0 aliphatic carbocycles. The van der Waals surface area contributed by atoms with E-state index in [4.69, 9.17) is 4.74 Å². The van der Waals surface area contributed by atoms with E-state index in [2.05, 4.69) is 20.2 Å². The van der Waals surface area contributed by atoms with E-state index >= 15 is 0 Å². The number of rotatable bonds is 4. The monoisotopic (exact) mass is 363 g/mol. The largest absolute Gasteiger partial charge is 0.487 e. The minimum Gasteiger partial charge on any atom is -0.487 e. The molecular weight excluding hydrogens is 342 g/mol. The normalized spacial score (nSPS) is 13.3. The van der Waals surface area contributed by atoms with Crippen LogP contribution in [0.4, 0.5) is 0 Å². The van der Waals surface area contributed by atoms with Crippen molar-refractivity contribution >= 4 is 5.91 Å². The molecule has 4 rings (SSSR count). The molecule has 27 heavy (non-hydrogen) atoms. The summed E-state index contributed by atoms with van der Waals surface area (Å²) in [7, 11) is 0. The van der Waals surface area contributed by atoms with Crippen LogP contribution in [0.2, 0.25) is 0 Å². The molecule has 0 saturated carbocycles. The molecule has 2 aromatic heterocycles. The van der Waals surface area contributed by atoms with Gasteiger partial charge in [0.1, 0.15) is 29.6 Å². The van der Waals surface area contributed by atoms with Crippen LogP contribution in [-0.2, 0) is 19.6 Å². The molecule has 7 heteroatoms. The Morgan fingerprint density at radius 1 is 1.22 bits per heavy atom. The molecule has 0 spiro atoms. The molecule has 0 atom stereocenters. The van der Waals surface area contributed by atoms with Gasteiger partial charge in [-0.05, 0) is 32.0 Å². The number of aryl methyl sites for hydroxylation is 2. The van der Waals surface area contributed by atoms with Crippen LogP contribution >= 0.6 is 0 Å². The van der Waals surface area contributed by atoms with Crippen LogP contribution in [0.3, 0.4) is 0 Å². The quantitative estimate of drug-likeness (QED) is 0.770. The van der Waals surface area contributed by atoms with E-state index in [0.29, 0.717) is 31.2 Å². The number of nitrogens with zero attached hydrogens (tertiary/aromatic N) is 4. The number of aromatic nitrogens is 4. The van der Waals surface area contributed by atoms with Crippen LogP contribution in [0.5, 0.6) is 5.75 Å². The average molecular weight is 363 g/mol. The number of amides is 1. The molecule has 1 aliphatic rings. The Morgan fingerprint density at radius 2 is 2.04 bits per heavy atom. The Hall–Kier alpha value is -3.22. The van der Waals surface area contributed by atoms with Crippen LogP contribution in [-0.4, -0.2) is 37.5 Å². The van der Waals surface area contributed by atoms with Crippen molar-refractivity contribution in [1.82, 2.24) is 25.1 Å². The van der Waals surface area contributed by atoms with Gasteiger partial charge in [-0.15, -0.1) is 0 Å². The first-order valence-electron chi connectivity index (χ1n) is 8.94. The molecule has 0 bridgehead atoms. The van der Waals surface area contributed by atoms with E-state index < -0.39 is 0 Å². The summed E-state index contributed by atoms with van der Waals surface area (Å²) in [5, 5.41) is 7.48. The van der Waals surface area contributed by atoms with Crippen LogP contribution in [0, 0.1) is 13.8 Å². The van der Waals surface area contributed by atoms with Gasteiger partial charge < -0.3 is 9.64 Å². The van der Waals surface area contributed by atoms with E-state index in [1.807, 2.05) is 42.2 Å². The van der Waals surface area contributed by atoms with Gasteiger partial charge in [0, 0.05) is 36.5 Å². The summed E-state index contributed by atoms with van der Waals surface area (Å²) < 4.78 is 5.82. The Balaban J connectivity index is 1.50. The molecule has 3 aromatic rings. The van der Waals surface area contributed by atoms with Gasteiger partial charge in [-0.25, -0.2) is 9.97 Å². The average Bonchev–Trinajstić information content (AvgIpc) is 3.08. The third kappa shape index (κ3) is 3.67. The minimum absolute atomic E-state index is 0.0784. The number of para-hydroxylation sites is 1. The van der Waals surface area contributed by atoms with Crippen molar-refractivity contribution in [2.24, 2.45) is 0 Å². The van der Waals surface area contributed by atoms with Gasteiger partial charge in [0.15, 0.2) is 0 Å². The lowest BCUT2D eigenvalue weighted by molar-refractivity contribution is 0.0726. The Bertz CT molecular complexity index is 948. The van der Waals surface area contributed by atoms with Crippen LogP contribution in [0.25, 0.3) is 0 Å². The van der Waals surface area contributed by atoms with E-state index in [9.17, 15) is 4.79 Å². The fourth-order valence-electron chi connectivity index (χ4n) is 3.30. The zero-order valence-corrected chi connectivity index (χ0v) is 15.4. The predicted molar refractivity (Wildman–Crippen MR) is 99.3 cm³/mol. The third-order valence-electron chi connectivity index (χ3n) is 4.61. The molecule has 0 unspecified atom stereocenters. The summed E-state index contributed by atoms with van der Waals surface area (Å²) in [5.74, 6) is 1.33. The van der Waals surface area contributed by atoms with Crippen molar-refractivity contribution in [3.63, 3.8) is 0 Å². The molecule has 1 N–H and O–H groups in total. The number of ether oxygens (including phenoxy) is 1. The lowest BCUT2D eigenvalue weighted by Crippen LogP contribution is -2.36. The van der Waals surface area contributed by atoms with Crippen molar-refractivity contribution in [3.8, 4) is 5.75 Å². The molecule has 7 nitrogen and oxygen atoms in total. The molecule has 138 valence electrons. The maximum absolute atomic E-state index is 12.9. The summed E-state index contributed by atoms with van der Waals surface area (Å²) in [6, 6.07) is 11.4. The highest BCUT2D eigenvalue weighted by Crippen LogP contribution is 2.23. The van der Waals surface area contributed by atoms with Gasteiger partial charge in [0.25, 0.3) is 5.91 Å². The number of hydrogen-bond acceptors (Lipinski definition) is 5. The van der Waals surface area contributed by atoms with Gasteiger partial charge in [0.05, 0.1) is 0 Å². The van der Waals surface area contributed by atoms with E-state index in [1.54, 1.807) is 13.0 Å². The van der Waals surface area contributed by atoms with Crippen molar-refractivity contribution < 1.29 is 9.53 Å². The second-order valence-corrected chi connectivity index (χ2v) is 6.65. The van der Waals surface area contributed by atoms with Gasteiger partial charge in [-0.1, -0.05) is 18.2 Å². The highest BCUT2D eigenvalue weighted by molar-refractivity contribution is 5.92. The highest BCUT2D eigenvalue weighted by Gasteiger charge is 2.27. The van der Waals surface area contributed by atoms with E-state index in [1.165, 1.54) is 0 Å². The summed E-state index contributed by atoms with van der Waals surface area (Å²) in [6.07, 6.45) is 0.739. The van der Waals surface area contributed by atoms with Crippen LogP contribution < -0.4 is 4.74 Å². The number of carbonyl (C=O) groups is 1. The van der Waals surface area contributed by atoms with Crippen molar-refractivity contribution in [2.75, 3.05) is 6.54 Å². The maximum atomic E-state index is 12.9. The molecule has 1 aromatic carbocycles. The number of carbonyl (C=O) groups excluding carboxylic acids is 1. The number of benzene rings is 1. The topological polar surface area (TPSA) is 84.0 Å². The number of aromatic amines is 1. The van der Waals surface area contributed by atoms with Gasteiger partial charge in [-0.3, -0.25) is 9.89 Å². The predicted octanol–water partition coefficient (Wildman–Crippen LogP) is 2.59. The second-order valence-electron chi connectivity index (χ2n) is 6.65. The zero-order chi connectivity index (χ0) is 18.8. The SMILES string of the molecule is Cc1cc(C(=O)N2CCc3[nH]nc(COc4ccccc4)c3C2)nc(C)n1. The van der Waals surface area contributed by atoms with Gasteiger partial charge in [-0.2, -0.15) is 5.10 Å². The fraction of sp³-hybridized carbons (Fsp3) is 0.300. The van der Waals surface area contributed by atoms with Crippen molar-refractivity contribution in [3.05, 3.63) is 70.6 Å². The molecular formula is C20H21N5O2. The first-order chi connectivity index (χ1) is 13.1. The van der Waals surface area contributed by atoms with Gasteiger partial charge in [0.2, 0.25) is 0 Å². The highest BCUT2D eigenvalue weighted by atomic mass is 16.5. The van der Waals surface area contributed by atoms with Gasteiger partial charge >= 0.3 is 0 Å². The number of H-pyrrole nitrogens is 1. The Morgan fingerprint density at radius 3 is 2.81 bits per heavy atom. The summed E-state index contributed by atoms with van der Waals surface area (Å²) >= 11 is 0. The Labute approximate surface area is 157 Å². The standard InChI is InChI=1S/C20H21N5O2/c1-13-10-18(22-14(2)21-13)20(26)25-9-8-17-16(11-25)19(24-23-17)12-27-15-6-4-3-5-7-15/h3-7,10H,8-9,11-12H2,1-2H3,(H,23,24). The smallest absolute Gasteiger partial charge is 0.272 e. The summed E-state index contributed by atoms with van der Waals surface area (Å²) in [5.41, 5.74) is 4.17. The number of hydrogen-bond donors (Lipinski definition) is 1. The molecule has 1 aliphatic heterocycles. The first-order valence-corrected chi connectivity index (χ1v) is 8.94. The molecule has 0 fully saturated rings. The number of fused-ring (bicyclic) bond motifs is 1. The Kier molecular flexibility index (Phi) is 4.58. The first kappa shape index (κ1) is 17.2. The zero-order valence-electron chi connectivity index (χ0n) is 15.4.